The van der Waals surface area contributed by atoms with Gasteiger partial charge in [-0.25, -0.2) is 4.79 Å². The number of aromatic nitrogens is 1. The molecular weight excluding hydrogens is 274 g/mol. The quantitative estimate of drug-likeness (QED) is 0.643. The number of carbonyl (C=O) groups excluding carboxylic acids is 1. The number of ether oxygens (including phenoxy) is 1. The van der Waals surface area contributed by atoms with E-state index in [4.69, 9.17) is 16.3 Å². The molecule has 2 aromatic rings. The predicted molar refractivity (Wildman–Crippen MR) is 72.6 cm³/mol. The van der Waals surface area contributed by atoms with E-state index in [1.165, 1.54) is 17.5 Å². The van der Waals surface area contributed by atoms with Crippen LogP contribution in [0.5, 0.6) is 0 Å². The average Bonchev–Trinajstić information content (AvgIpc) is 2.79. The topological polar surface area (TPSA) is 48.3 Å². The zero-order valence-corrected chi connectivity index (χ0v) is 11.6. The lowest BCUT2D eigenvalue weighted by Gasteiger charge is -2.05. The molecule has 0 bridgehead atoms. The third-order valence-electron chi connectivity index (χ3n) is 2.52. The molecule has 0 radical (unpaired) electrons. The summed E-state index contributed by atoms with van der Waals surface area (Å²) >= 11 is 7.21. The fourth-order valence-corrected chi connectivity index (χ4v) is 2.91. The fraction of sp³-hybridized carbons (Fsp3) is 0.333. The maximum absolute atomic E-state index is 12.2. The van der Waals surface area contributed by atoms with Crippen molar-refractivity contribution in [3.8, 4) is 0 Å². The molecule has 0 unspecified atom stereocenters. The first kappa shape index (κ1) is 13.1. The second kappa shape index (κ2) is 5.12. The van der Waals surface area contributed by atoms with Crippen molar-refractivity contribution >= 4 is 39.1 Å². The van der Waals surface area contributed by atoms with E-state index in [1.807, 2.05) is 0 Å². The van der Waals surface area contributed by atoms with Gasteiger partial charge in [-0.05, 0) is 13.0 Å². The smallest absolute Gasteiger partial charge is 0.343 e. The second-order valence-electron chi connectivity index (χ2n) is 3.77. The summed E-state index contributed by atoms with van der Waals surface area (Å²) in [5.74, 6) is -0.230. The number of esters is 1. The summed E-state index contributed by atoms with van der Waals surface area (Å²) in [7, 11) is 1.79. The molecule has 4 nitrogen and oxygen atoms in total. The van der Waals surface area contributed by atoms with E-state index in [2.05, 4.69) is 0 Å². The average molecular weight is 286 g/mol. The minimum atomic E-state index is -0.585. The van der Waals surface area contributed by atoms with E-state index in [9.17, 15) is 9.59 Å². The van der Waals surface area contributed by atoms with E-state index in [1.54, 1.807) is 24.6 Å². The van der Waals surface area contributed by atoms with Gasteiger partial charge in [-0.15, -0.1) is 22.9 Å². The lowest BCUT2D eigenvalue weighted by molar-refractivity contribution is 0.0524. The third-order valence-corrected chi connectivity index (χ3v) is 4.19. The third kappa shape index (κ3) is 2.15. The van der Waals surface area contributed by atoms with Crippen molar-refractivity contribution in [1.82, 2.24) is 4.57 Å². The maximum Gasteiger partial charge on any atom is 0.343 e. The van der Waals surface area contributed by atoms with Crippen LogP contribution in [0.4, 0.5) is 0 Å². The van der Waals surface area contributed by atoms with Crippen molar-refractivity contribution in [2.24, 2.45) is 7.05 Å². The summed E-state index contributed by atoms with van der Waals surface area (Å²) in [6, 6.07) is 1.73. The molecule has 0 aliphatic carbocycles. The van der Waals surface area contributed by atoms with E-state index in [-0.39, 0.29) is 17.6 Å². The molecule has 0 fully saturated rings. The highest BCUT2D eigenvalue weighted by Crippen LogP contribution is 2.24. The highest BCUT2D eigenvalue weighted by Gasteiger charge is 2.17. The first-order valence-electron chi connectivity index (χ1n) is 5.43. The number of halogens is 1. The SMILES string of the molecule is CCOC(=O)c1cn(C)c2sc(CCl)cc2c1=O. The molecule has 0 amide bonds. The van der Waals surface area contributed by atoms with Crippen molar-refractivity contribution in [2.45, 2.75) is 12.8 Å². The number of hydrogen-bond donors (Lipinski definition) is 0. The number of aryl methyl sites for hydroxylation is 1. The van der Waals surface area contributed by atoms with Crippen molar-refractivity contribution < 1.29 is 9.53 Å². The van der Waals surface area contributed by atoms with Gasteiger partial charge in [0.05, 0.1) is 17.9 Å². The Morgan fingerprint density at radius 3 is 2.89 bits per heavy atom. The van der Waals surface area contributed by atoms with Crippen LogP contribution in [-0.2, 0) is 17.7 Å². The van der Waals surface area contributed by atoms with Gasteiger partial charge in [0.1, 0.15) is 10.4 Å². The second-order valence-corrected chi connectivity index (χ2v) is 5.15. The van der Waals surface area contributed by atoms with Crippen molar-refractivity contribution in [2.75, 3.05) is 6.61 Å². The Labute approximate surface area is 113 Å². The monoisotopic (exact) mass is 285 g/mol. The molecule has 0 saturated carbocycles. The number of pyridine rings is 1. The summed E-state index contributed by atoms with van der Waals surface area (Å²) < 4.78 is 6.62. The normalized spacial score (nSPS) is 10.8. The number of hydrogen-bond acceptors (Lipinski definition) is 4. The van der Waals surface area contributed by atoms with Crippen LogP contribution in [0.3, 0.4) is 0 Å². The Kier molecular flexibility index (Phi) is 3.73. The highest BCUT2D eigenvalue weighted by molar-refractivity contribution is 7.18. The maximum atomic E-state index is 12.2. The van der Waals surface area contributed by atoms with E-state index in [0.717, 1.165) is 9.71 Å². The first-order valence-corrected chi connectivity index (χ1v) is 6.78. The molecule has 96 valence electrons. The Morgan fingerprint density at radius 1 is 1.56 bits per heavy atom. The van der Waals surface area contributed by atoms with Crippen LogP contribution in [0.25, 0.3) is 10.2 Å². The molecule has 0 atom stereocenters. The Balaban J connectivity index is 2.68. The first-order chi connectivity index (χ1) is 8.58. The van der Waals surface area contributed by atoms with E-state index in [0.29, 0.717) is 11.3 Å². The number of nitrogens with zero attached hydrogens (tertiary/aromatic N) is 1. The van der Waals surface area contributed by atoms with Gasteiger partial charge in [0.25, 0.3) is 0 Å². The van der Waals surface area contributed by atoms with E-state index < -0.39 is 5.97 Å². The Hall–Kier alpha value is -1.33. The summed E-state index contributed by atoms with van der Waals surface area (Å²) in [6.45, 7) is 1.95. The minimum Gasteiger partial charge on any atom is -0.462 e. The molecule has 2 rings (SSSR count). The number of rotatable bonds is 3. The van der Waals surface area contributed by atoms with Crippen LogP contribution < -0.4 is 5.43 Å². The summed E-state index contributed by atoms with van der Waals surface area (Å²) in [5, 5.41) is 0.517. The molecule has 2 heterocycles. The summed E-state index contributed by atoms with van der Waals surface area (Å²) in [6.07, 6.45) is 1.51. The summed E-state index contributed by atoms with van der Waals surface area (Å²) in [4.78, 5) is 25.6. The molecule has 2 aromatic heterocycles. The Morgan fingerprint density at radius 2 is 2.28 bits per heavy atom. The molecule has 6 heteroatoms. The molecule has 0 saturated heterocycles. The van der Waals surface area contributed by atoms with Gasteiger partial charge in [0.15, 0.2) is 0 Å². The van der Waals surface area contributed by atoms with Gasteiger partial charge in [-0.2, -0.15) is 0 Å². The number of thiophene rings is 1. The van der Waals surface area contributed by atoms with Crippen molar-refractivity contribution in [3.63, 3.8) is 0 Å². The Bertz CT molecular complexity index is 659. The van der Waals surface area contributed by atoms with Crippen molar-refractivity contribution in [3.05, 3.63) is 32.9 Å². The fourth-order valence-electron chi connectivity index (χ4n) is 1.73. The number of fused-ring (bicyclic) bond motifs is 1. The zero-order chi connectivity index (χ0) is 13.3. The largest absolute Gasteiger partial charge is 0.462 e. The van der Waals surface area contributed by atoms with Crippen LogP contribution in [0.2, 0.25) is 0 Å². The molecule has 0 aliphatic heterocycles. The van der Waals surface area contributed by atoms with Crippen LogP contribution in [0, 0.1) is 0 Å². The van der Waals surface area contributed by atoms with Gasteiger partial charge in [-0.1, -0.05) is 0 Å². The number of carbonyl (C=O) groups is 1. The van der Waals surface area contributed by atoms with Gasteiger partial charge >= 0.3 is 5.97 Å². The zero-order valence-electron chi connectivity index (χ0n) is 10.0. The summed E-state index contributed by atoms with van der Waals surface area (Å²) in [5.41, 5.74) is -0.236. The lowest BCUT2D eigenvalue weighted by Crippen LogP contribution is -2.19. The predicted octanol–water partition coefficient (Wildman–Crippen LogP) is 2.52. The molecule has 0 N–H and O–H groups in total. The molecule has 0 spiro atoms. The lowest BCUT2D eigenvalue weighted by atomic mass is 10.2. The van der Waals surface area contributed by atoms with Gasteiger partial charge in [0.2, 0.25) is 5.43 Å². The molecule has 18 heavy (non-hydrogen) atoms. The highest BCUT2D eigenvalue weighted by atomic mass is 35.5. The van der Waals surface area contributed by atoms with E-state index >= 15 is 0 Å². The minimum absolute atomic E-state index is 0.0609. The van der Waals surface area contributed by atoms with Crippen LogP contribution in [0.1, 0.15) is 22.2 Å². The van der Waals surface area contributed by atoms with Crippen molar-refractivity contribution in [1.29, 1.82) is 0 Å². The van der Waals surface area contributed by atoms with Gasteiger partial charge < -0.3 is 9.30 Å². The molecule has 0 aliphatic rings. The number of alkyl halides is 1. The standard InChI is InChI=1S/C12H12ClNO3S/c1-3-17-12(16)9-6-14(2)11-8(10(9)15)4-7(5-13)18-11/h4,6H,3,5H2,1-2H3. The van der Waals surface area contributed by atoms with Gasteiger partial charge in [-0.3, -0.25) is 4.79 Å². The molecular formula is C12H12ClNO3S. The van der Waals surface area contributed by atoms with Crippen LogP contribution >= 0.6 is 22.9 Å². The van der Waals surface area contributed by atoms with Crippen LogP contribution in [0.15, 0.2) is 17.1 Å². The van der Waals surface area contributed by atoms with Crippen LogP contribution in [-0.4, -0.2) is 17.1 Å². The molecule has 0 aromatic carbocycles. The van der Waals surface area contributed by atoms with Gasteiger partial charge in [0, 0.05) is 18.1 Å².